The summed E-state index contributed by atoms with van der Waals surface area (Å²) in [6.45, 7) is 7.50. The third kappa shape index (κ3) is 4.62. The van der Waals surface area contributed by atoms with Crippen LogP contribution in [0.1, 0.15) is 29.5 Å². The molecule has 4 rings (SSSR count). The fourth-order valence-corrected chi connectivity index (χ4v) is 4.59. The second kappa shape index (κ2) is 8.95. The second-order valence-corrected chi connectivity index (χ2v) is 7.87. The van der Waals surface area contributed by atoms with Gasteiger partial charge >= 0.3 is 0 Å². The van der Waals surface area contributed by atoms with Crippen molar-refractivity contribution in [3.63, 3.8) is 0 Å². The molecule has 1 atom stereocenters. The smallest absolute Gasteiger partial charge is 0.119 e. The first kappa shape index (κ1) is 17.9. The molecule has 1 aromatic carbocycles. The molecule has 0 unspecified atom stereocenters. The molecule has 2 aliphatic heterocycles. The van der Waals surface area contributed by atoms with E-state index in [1.54, 1.807) is 11.3 Å². The van der Waals surface area contributed by atoms with Gasteiger partial charge in [0.05, 0.1) is 19.3 Å². The zero-order valence-electron chi connectivity index (χ0n) is 15.2. The molecule has 3 heterocycles. The SMILES string of the molecule is c1cc(CN2CCC[C@@H]2c2nccs2)cc(OCCN2CCOCC2)c1. The number of hydrogen-bond donors (Lipinski definition) is 0. The normalized spacial score (nSPS) is 21.9. The molecule has 6 heteroatoms. The summed E-state index contributed by atoms with van der Waals surface area (Å²) in [5.74, 6) is 0.973. The zero-order chi connectivity index (χ0) is 17.6. The lowest BCUT2D eigenvalue weighted by molar-refractivity contribution is 0.0322. The molecule has 140 valence electrons. The van der Waals surface area contributed by atoms with Gasteiger partial charge in [0.1, 0.15) is 17.4 Å². The van der Waals surface area contributed by atoms with Crippen LogP contribution in [0.4, 0.5) is 0 Å². The zero-order valence-corrected chi connectivity index (χ0v) is 16.0. The number of morpholine rings is 1. The Bertz CT molecular complexity index is 673. The van der Waals surface area contributed by atoms with Gasteiger partial charge in [-0.3, -0.25) is 9.80 Å². The fourth-order valence-electron chi connectivity index (χ4n) is 3.78. The maximum atomic E-state index is 6.00. The van der Waals surface area contributed by atoms with Gasteiger partial charge in [-0.1, -0.05) is 12.1 Å². The van der Waals surface area contributed by atoms with Crippen molar-refractivity contribution in [2.75, 3.05) is 46.0 Å². The van der Waals surface area contributed by atoms with Crippen LogP contribution in [-0.2, 0) is 11.3 Å². The highest BCUT2D eigenvalue weighted by molar-refractivity contribution is 7.09. The van der Waals surface area contributed by atoms with Crippen molar-refractivity contribution in [1.82, 2.24) is 14.8 Å². The number of ether oxygens (including phenoxy) is 2. The molecule has 0 aliphatic carbocycles. The first-order valence-electron chi connectivity index (χ1n) is 9.54. The summed E-state index contributed by atoms with van der Waals surface area (Å²) < 4.78 is 11.4. The van der Waals surface area contributed by atoms with Gasteiger partial charge < -0.3 is 9.47 Å². The summed E-state index contributed by atoms with van der Waals surface area (Å²) in [6.07, 6.45) is 4.38. The lowest BCUT2D eigenvalue weighted by Crippen LogP contribution is -2.38. The van der Waals surface area contributed by atoms with Crippen LogP contribution in [-0.4, -0.2) is 60.8 Å². The molecule has 2 aliphatic rings. The van der Waals surface area contributed by atoms with Gasteiger partial charge in [-0.15, -0.1) is 11.3 Å². The molecule has 0 bridgehead atoms. The van der Waals surface area contributed by atoms with E-state index < -0.39 is 0 Å². The van der Waals surface area contributed by atoms with Crippen LogP contribution in [0.5, 0.6) is 5.75 Å². The van der Waals surface area contributed by atoms with E-state index in [4.69, 9.17) is 9.47 Å². The van der Waals surface area contributed by atoms with E-state index in [2.05, 4.69) is 44.4 Å². The number of hydrogen-bond acceptors (Lipinski definition) is 6. The van der Waals surface area contributed by atoms with Crippen LogP contribution in [0, 0.1) is 0 Å². The maximum absolute atomic E-state index is 6.00. The van der Waals surface area contributed by atoms with Gasteiger partial charge in [0.15, 0.2) is 0 Å². The van der Waals surface area contributed by atoms with Crippen LogP contribution in [0.15, 0.2) is 35.8 Å². The van der Waals surface area contributed by atoms with Crippen LogP contribution in [0.25, 0.3) is 0 Å². The topological polar surface area (TPSA) is 37.8 Å². The van der Waals surface area contributed by atoms with E-state index in [-0.39, 0.29) is 0 Å². The van der Waals surface area contributed by atoms with Gasteiger partial charge in [-0.2, -0.15) is 0 Å². The Morgan fingerprint density at radius 1 is 1.23 bits per heavy atom. The molecule has 2 aromatic rings. The molecule has 0 amide bonds. The van der Waals surface area contributed by atoms with Gasteiger partial charge in [0, 0.05) is 37.8 Å². The molecule has 5 nitrogen and oxygen atoms in total. The standard InChI is InChI=1S/C20H27N3O2S/c1-3-17(16-23-7-2-5-19(23)20-21-6-14-26-20)15-18(4-1)25-13-10-22-8-11-24-12-9-22/h1,3-4,6,14-15,19H,2,5,7-13,16H2/t19-/m1/s1. The predicted molar refractivity (Wildman–Crippen MR) is 104 cm³/mol. The average molecular weight is 374 g/mol. The highest BCUT2D eigenvalue weighted by atomic mass is 32.1. The Hall–Kier alpha value is -1.47. The van der Waals surface area contributed by atoms with E-state index in [1.165, 1.54) is 23.4 Å². The number of likely N-dealkylation sites (tertiary alicyclic amines) is 1. The molecule has 2 fully saturated rings. The molecule has 1 aromatic heterocycles. The van der Waals surface area contributed by atoms with Gasteiger partial charge in [-0.25, -0.2) is 4.98 Å². The number of benzene rings is 1. The molecule has 0 radical (unpaired) electrons. The summed E-state index contributed by atoms with van der Waals surface area (Å²) in [5.41, 5.74) is 1.32. The Labute approximate surface area is 159 Å². The number of nitrogens with zero attached hydrogens (tertiary/aromatic N) is 3. The van der Waals surface area contributed by atoms with Crippen molar-refractivity contribution >= 4 is 11.3 Å². The average Bonchev–Trinajstić information content (AvgIpc) is 3.34. The predicted octanol–water partition coefficient (Wildman–Crippen LogP) is 3.19. The second-order valence-electron chi connectivity index (χ2n) is 6.95. The summed E-state index contributed by atoms with van der Waals surface area (Å²) in [5, 5.41) is 3.33. The highest BCUT2D eigenvalue weighted by Crippen LogP contribution is 2.34. The molecule has 2 saturated heterocycles. The molecular weight excluding hydrogens is 346 g/mol. The highest BCUT2D eigenvalue weighted by Gasteiger charge is 2.27. The van der Waals surface area contributed by atoms with Crippen molar-refractivity contribution < 1.29 is 9.47 Å². The van der Waals surface area contributed by atoms with Crippen molar-refractivity contribution in [3.05, 3.63) is 46.4 Å². The lowest BCUT2D eigenvalue weighted by Gasteiger charge is -2.26. The van der Waals surface area contributed by atoms with E-state index in [1.807, 2.05) is 6.20 Å². The van der Waals surface area contributed by atoms with Crippen molar-refractivity contribution in [3.8, 4) is 5.75 Å². The molecule has 26 heavy (non-hydrogen) atoms. The lowest BCUT2D eigenvalue weighted by atomic mass is 10.2. The first-order valence-corrected chi connectivity index (χ1v) is 10.4. The molecule has 0 N–H and O–H groups in total. The van der Waals surface area contributed by atoms with E-state index in [9.17, 15) is 0 Å². The summed E-state index contributed by atoms with van der Waals surface area (Å²) in [7, 11) is 0. The van der Waals surface area contributed by atoms with Crippen LogP contribution >= 0.6 is 11.3 Å². The molecule has 0 saturated carbocycles. The summed E-state index contributed by atoms with van der Waals surface area (Å²) in [4.78, 5) is 9.48. The minimum atomic E-state index is 0.473. The number of thiazole rings is 1. The minimum Gasteiger partial charge on any atom is -0.492 e. The number of aromatic nitrogens is 1. The van der Waals surface area contributed by atoms with Crippen LogP contribution < -0.4 is 4.74 Å². The van der Waals surface area contributed by atoms with Crippen molar-refractivity contribution in [2.24, 2.45) is 0 Å². The third-order valence-corrected chi connectivity index (χ3v) is 6.04. The Morgan fingerprint density at radius 2 is 2.15 bits per heavy atom. The van der Waals surface area contributed by atoms with Gasteiger partial charge in [0.2, 0.25) is 0 Å². The third-order valence-electron chi connectivity index (χ3n) is 5.16. The Balaban J connectivity index is 1.31. The van der Waals surface area contributed by atoms with Crippen molar-refractivity contribution in [2.45, 2.75) is 25.4 Å². The van der Waals surface area contributed by atoms with E-state index in [0.717, 1.165) is 58.3 Å². The number of rotatable bonds is 7. The van der Waals surface area contributed by atoms with E-state index >= 15 is 0 Å². The monoisotopic (exact) mass is 373 g/mol. The van der Waals surface area contributed by atoms with E-state index in [0.29, 0.717) is 6.04 Å². The molecule has 0 spiro atoms. The first-order chi connectivity index (χ1) is 12.9. The van der Waals surface area contributed by atoms with Gasteiger partial charge in [0.25, 0.3) is 0 Å². The van der Waals surface area contributed by atoms with Crippen LogP contribution in [0.3, 0.4) is 0 Å². The summed E-state index contributed by atoms with van der Waals surface area (Å²) >= 11 is 1.77. The van der Waals surface area contributed by atoms with Crippen LogP contribution in [0.2, 0.25) is 0 Å². The maximum Gasteiger partial charge on any atom is 0.119 e. The largest absolute Gasteiger partial charge is 0.492 e. The summed E-state index contributed by atoms with van der Waals surface area (Å²) in [6, 6.07) is 9.03. The van der Waals surface area contributed by atoms with Crippen molar-refractivity contribution in [1.29, 1.82) is 0 Å². The Kier molecular flexibility index (Phi) is 6.17. The quantitative estimate of drug-likeness (QED) is 0.745. The van der Waals surface area contributed by atoms with Gasteiger partial charge in [-0.05, 0) is 37.1 Å². The molecular formula is C20H27N3O2S. The Morgan fingerprint density at radius 3 is 3.00 bits per heavy atom. The fraction of sp³-hybridized carbons (Fsp3) is 0.550. The minimum absolute atomic E-state index is 0.473.